The van der Waals surface area contributed by atoms with Gasteiger partial charge in [-0.1, -0.05) is 6.08 Å². The summed E-state index contributed by atoms with van der Waals surface area (Å²) in [5, 5.41) is 16.4. The number of rotatable bonds is 2. The summed E-state index contributed by atoms with van der Waals surface area (Å²) in [6, 6.07) is 0. The van der Waals surface area contributed by atoms with Crippen LogP contribution in [0.5, 0.6) is 0 Å². The molecule has 0 radical (unpaired) electrons. The van der Waals surface area contributed by atoms with Gasteiger partial charge in [-0.2, -0.15) is 5.10 Å². The Morgan fingerprint density at radius 3 is 3.15 bits per heavy atom. The molecule has 6 heteroatoms. The van der Waals surface area contributed by atoms with E-state index in [-0.39, 0.29) is 17.9 Å². The molecule has 2 atom stereocenters. The maximum absolute atomic E-state index is 12.5. The van der Waals surface area contributed by atoms with E-state index in [0.717, 1.165) is 35.6 Å². The average Bonchev–Trinajstić information content (AvgIpc) is 3.08. The second kappa shape index (κ2) is 6.01. The number of aliphatic hydroxyl groups is 1. The Kier molecular flexibility index (Phi) is 4.12. The van der Waals surface area contributed by atoms with Crippen molar-refractivity contribution in [3.63, 3.8) is 0 Å². The summed E-state index contributed by atoms with van der Waals surface area (Å²) in [7, 11) is 0. The molecule has 0 saturated carbocycles. The molecule has 0 aromatic carbocycles. The molecule has 108 valence electrons. The van der Waals surface area contributed by atoms with Crippen molar-refractivity contribution in [1.82, 2.24) is 15.1 Å². The molecule has 0 spiro atoms. The highest BCUT2D eigenvalue weighted by atomic mass is 32.2. The molecule has 3 heterocycles. The molecule has 2 N–H and O–H groups in total. The van der Waals surface area contributed by atoms with Gasteiger partial charge in [0.1, 0.15) is 0 Å². The van der Waals surface area contributed by atoms with Gasteiger partial charge in [0.05, 0.1) is 18.2 Å². The second-order valence-electron chi connectivity index (χ2n) is 5.35. The van der Waals surface area contributed by atoms with Crippen LogP contribution in [0.25, 0.3) is 4.91 Å². The first kappa shape index (κ1) is 13.7. The zero-order valence-electron chi connectivity index (χ0n) is 11.3. The lowest BCUT2D eigenvalue weighted by atomic mass is 10.1. The molecule has 1 aromatic rings. The first-order valence-corrected chi connectivity index (χ1v) is 8.03. The highest BCUT2D eigenvalue weighted by Crippen LogP contribution is 2.37. The van der Waals surface area contributed by atoms with Crippen molar-refractivity contribution < 1.29 is 9.90 Å². The largest absolute Gasteiger partial charge is 0.393 e. The van der Waals surface area contributed by atoms with E-state index < -0.39 is 0 Å². The average molecular weight is 293 g/mol. The molecule has 1 saturated heterocycles. The molecule has 3 rings (SSSR count). The van der Waals surface area contributed by atoms with Crippen LogP contribution in [0.1, 0.15) is 24.8 Å². The zero-order chi connectivity index (χ0) is 13.9. The van der Waals surface area contributed by atoms with Crippen molar-refractivity contribution in [1.29, 1.82) is 0 Å². The van der Waals surface area contributed by atoms with Crippen LogP contribution in [0.2, 0.25) is 0 Å². The summed E-state index contributed by atoms with van der Waals surface area (Å²) >= 11 is 1.71. The van der Waals surface area contributed by atoms with Crippen LogP contribution in [0.15, 0.2) is 18.5 Å². The Morgan fingerprint density at radius 2 is 2.35 bits per heavy atom. The first-order chi connectivity index (χ1) is 9.74. The van der Waals surface area contributed by atoms with E-state index in [1.54, 1.807) is 18.0 Å². The zero-order valence-corrected chi connectivity index (χ0v) is 12.1. The van der Waals surface area contributed by atoms with E-state index in [1.165, 1.54) is 0 Å². The number of likely N-dealkylation sites (tertiary alicyclic amines) is 1. The van der Waals surface area contributed by atoms with E-state index in [9.17, 15) is 9.90 Å². The van der Waals surface area contributed by atoms with E-state index in [4.69, 9.17) is 0 Å². The molecule has 0 aliphatic carbocycles. The summed E-state index contributed by atoms with van der Waals surface area (Å²) in [4.78, 5) is 15.6. The predicted molar refractivity (Wildman–Crippen MR) is 79.0 cm³/mol. The fourth-order valence-corrected chi connectivity index (χ4v) is 3.84. The van der Waals surface area contributed by atoms with Gasteiger partial charge in [-0.15, -0.1) is 11.8 Å². The number of carbonyl (C=O) groups excluding carboxylic acids is 1. The number of hydrogen-bond acceptors (Lipinski definition) is 4. The number of H-pyrrole nitrogens is 1. The van der Waals surface area contributed by atoms with Crippen molar-refractivity contribution in [3.05, 3.63) is 24.0 Å². The summed E-state index contributed by atoms with van der Waals surface area (Å²) < 4.78 is 0. The maximum Gasteiger partial charge on any atom is 0.230 e. The smallest absolute Gasteiger partial charge is 0.230 e. The topological polar surface area (TPSA) is 69.2 Å². The minimum atomic E-state index is -0.247. The van der Waals surface area contributed by atoms with Gasteiger partial charge >= 0.3 is 0 Å². The Bertz CT molecular complexity index is 501. The molecule has 0 bridgehead atoms. The van der Waals surface area contributed by atoms with Crippen molar-refractivity contribution in [2.45, 2.75) is 25.4 Å². The van der Waals surface area contributed by atoms with E-state index in [1.807, 2.05) is 11.1 Å². The molecular weight excluding hydrogens is 274 g/mol. The standard InChI is InChI=1S/C14H19N3O2S/c18-12-2-1-4-17(5-3-12)14(19)10-6-13(20-9-10)11-7-15-16-8-11/h6-8,10,12,18H,1-5,9H2,(H,15,16). The van der Waals surface area contributed by atoms with Gasteiger partial charge in [-0.3, -0.25) is 9.89 Å². The van der Waals surface area contributed by atoms with Crippen LogP contribution in [0, 0.1) is 5.92 Å². The number of carbonyl (C=O) groups is 1. The van der Waals surface area contributed by atoms with Gasteiger partial charge in [0, 0.05) is 35.5 Å². The Morgan fingerprint density at radius 1 is 1.45 bits per heavy atom. The number of aromatic nitrogens is 2. The summed E-state index contributed by atoms with van der Waals surface area (Å²) in [6.45, 7) is 1.45. The quantitative estimate of drug-likeness (QED) is 0.867. The van der Waals surface area contributed by atoms with E-state index in [2.05, 4.69) is 16.3 Å². The molecule has 5 nitrogen and oxygen atoms in total. The molecule has 1 amide bonds. The molecule has 2 aliphatic rings. The van der Waals surface area contributed by atoms with Crippen molar-refractivity contribution in [2.24, 2.45) is 5.92 Å². The maximum atomic E-state index is 12.5. The lowest BCUT2D eigenvalue weighted by Crippen LogP contribution is -2.36. The number of nitrogens with zero attached hydrogens (tertiary/aromatic N) is 2. The predicted octanol–water partition coefficient (Wildman–Crippen LogP) is 1.49. The van der Waals surface area contributed by atoms with Gasteiger partial charge in [0.2, 0.25) is 5.91 Å². The van der Waals surface area contributed by atoms with E-state index in [0.29, 0.717) is 13.0 Å². The SMILES string of the molecule is O=C(C1C=C(c2cn[nH]c2)SC1)N1CCCC(O)CC1. The van der Waals surface area contributed by atoms with Crippen LogP contribution in [0.3, 0.4) is 0 Å². The van der Waals surface area contributed by atoms with Gasteiger partial charge in [0.25, 0.3) is 0 Å². The number of hydrogen-bond donors (Lipinski definition) is 2. The monoisotopic (exact) mass is 293 g/mol. The van der Waals surface area contributed by atoms with Gasteiger partial charge in [-0.05, 0) is 19.3 Å². The number of amides is 1. The minimum Gasteiger partial charge on any atom is -0.393 e. The summed E-state index contributed by atoms with van der Waals surface area (Å²) in [5.74, 6) is 0.962. The molecule has 1 fully saturated rings. The number of aliphatic hydroxyl groups excluding tert-OH is 1. The molecule has 1 aromatic heterocycles. The van der Waals surface area contributed by atoms with Gasteiger partial charge in [-0.25, -0.2) is 0 Å². The summed E-state index contributed by atoms with van der Waals surface area (Å²) in [5.41, 5.74) is 1.05. The normalized spacial score (nSPS) is 27.2. The highest BCUT2D eigenvalue weighted by molar-refractivity contribution is 8.08. The fourth-order valence-electron chi connectivity index (χ4n) is 2.70. The fraction of sp³-hybridized carbons (Fsp3) is 0.571. The molecule has 2 aliphatic heterocycles. The third kappa shape index (κ3) is 2.91. The van der Waals surface area contributed by atoms with Crippen LogP contribution in [-0.2, 0) is 4.79 Å². The number of nitrogens with one attached hydrogen (secondary N) is 1. The van der Waals surface area contributed by atoms with E-state index >= 15 is 0 Å². The Balaban J connectivity index is 1.66. The van der Waals surface area contributed by atoms with Crippen molar-refractivity contribution in [2.75, 3.05) is 18.8 Å². The third-order valence-corrected chi connectivity index (χ3v) is 5.09. The summed E-state index contributed by atoms with van der Waals surface area (Å²) in [6.07, 6.45) is 7.85. The van der Waals surface area contributed by atoms with Crippen LogP contribution in [0.4, 0.5) is 0 Å². The molecular formula is C14H19N3O2S. The van der Waals surface area contributed by atoms with Gasteiger partial charge < -0.3 is 10.0 Å². The molecule has 2 unspecified atom stereocenters. The van der Waals surface area contributed by atoms with Gasteiger partial charge in [0.15, 0.2) is 0 Å². The van der Waals surface area contributed by atoms with Crippen molar-refractivity contribution in [3.8, 4) is 0 Å². The third-order valence-electron chi connectivity index (χ3n) is 3.88. The minimum absolute atomic E-state index is 0.0415. The number of aromatic amines is 1. The van der Waals surface area contributed by atoms with Crippen LogP contribution >= 0.6 is 11.8 Å². The lowest BCUT2D eigenvalue weighted by Gasteiger charge is -2.22. The lowest BCUT2D eigenvalue weighted by molar-refractivity contribution is -0.133. The Labute approximate surface area is 122 Å². The molecule has 20 heavy (non-hydrogen) atoms. The van der Waals surface area contributed by atoms with Crippen molar-refractivity contribution >= 4 is 22.6 Å². The highest BCUT2D eigenvalue weighted by Gasteiger charge is 2.29. The van der Waals surface area contributed by atoms with Crippen LogP contribution < -0.4 is 0 Å². The first-order valence-electron chi connectivity index (χ1n) is 7.04. The second-order valence-corrected chi connectivity index (χ2v) is 6.41. The Hall–Kier alpha value is -1.27. The van der Waals surface area contributed by atoms with Crippen LogP contribution in [-0.4, -0.2) is 51.1 Å². The number of thioether (sulfide) groups is 1.